The molecule has 1 fully saturated rings. The Kier molecular flexibility index (Phi) is 6.44. The Morgan fingerprint density at radius 1 is 1.17 bits per heavy atom. The molecule has 8 nitrogen and oxygen atoms in total. The van der Waals surface area contributed by atoms with E-state index in [9.17, 15) is 4.79 Å². The number of rotatable bonds is 9. The van der Waals surface area contributed by atoms with E-state index in [2.05, 4.69) is 27.1 Å². The molecule has 3 aromatic rings. The van der Waals surface area contributed by atoms with Gasteiger partial charge in [0.15, 0.2) is 11.2 Å². The van der Waals surface area contributed by atoms with Gasteiger partial charge in [0.2, 0.25) is 5.95 Å². The third-order valence-electron chi connectivity index (χ3n) is 5.64. The van der Waals surface area contributed by atoms with Crippen LogP contribution in [-0.4, -0.2) is 26.6 Å². The van der Waals surface area contributed by atoms with E-state index in [1.165, 1.54) is 20.0 Å². The zero-order chi connectivity index (χ0) is 20.9. The van der Waals surface area contributed by atoms with Crippen LogP contribution in [0.3, 0.4) is 0 Å². The number of aromatic amines is 1. The Balaban J connectivity index is 1.57. The summed E-state index contributed by atoms with van der Waals surface area (Å²) in [6, 6.07) is 8.03. The summed E-state index contributed by atoms with van der Waals surface area (Å²) >= 11 is 0. The first-order valence-corrected chi connectivity index (χ1v) is 10.7. The van der Waals surface area contributed by atoms with E-state index >= 15 is 0 Å². The van der Waals surface area contributed by atoms with Crippen LogP contribution in [0.5, 0.6) is 0 Å². The van der Waals surface area contributed by atoms with E-state index in [4.69, 9.17) is 9.87 Å². The summed E-state index contributed by atoms with van der Waals surface area (Å²) in [5.74, 6) is 1.88. The molecule has 0 unspecified atom stereocenters. The number of benzene rings is 1. The van der Waals surface area contributed by atoms with Crippen molar-refractivity contribution in [2.75, 3.05) is 12.4 Å². The van der Waals surface area contributed by atoms with Crippen molar-refractivity contribution in [1.82, 2.24) is 19.5 Å². The summed E-state index contributed by atoms with van der Waals surface area (Å²) in [6.07, 6.45) is 5.54. The zero-order valence-electron chi connectivity index (χ0n) is 17.6. The van der Waals surface area contributed by atoms with Gasteiger partial charge in [-0.1, -0.05) is 44.0 Å². The van der Waals surface area contributed by atoms with Gasteiger partial charge in [-0.15, -0.1) is 0 Å². The summed E-state index contributed by atoms with van der Waals surface area (Å²) < 4.78 is 1.71. The van der Waals surface area contributed by atoms with Gasteiger partial charge in [-0.3, -0.25) is 9.36 Å². The maximum atomic E-state index is 13.1. The number of hydrogen-bond donors (Lipinski definition) is 2. The summed E-state index contributed by atoms with van der Waals surface area (Å²) in [5.41, 5.74) is 3.07. The number of imidazole rings is 1. The first-order chi connectivity index (χ1) is 14.7. The molecule has 160 valence electrons. The summed E-state index contributed by atoms with van der Waals surface area (Å²) in [5, 5.41) is 3.33. The second kappa shape index (κ2) is 9.40. The van der Waals surface area contributed by atoms with Gasteiger partial charge in [-0.25, -0.2) is 14.8 Å². The van der Waals surface area contributed by atoms with Gasteiger partial charge in [0.1, 0.15) is 12.4 Å². The SMILES string of the molecule is CCCn1c(NCc2ccc(COOC)cc2)nc2nc(C3CCCC3)[nH]c2c1=O. The van der Waals surface area contributed by atoms with E-state index in [-0.39, 0.29) is 5.56 Å². The van der Waals surface area contributed by atoms with Crippen LogP contribution < -0.4 is 10.9 Å². The van der Waals surface area contributed by atoms with Crippen molar-refractivity contribution in [3.8, 4) is 0 Å². The van der Waals surface area contributed by atoms with Crippen molar-refractivity contribution in [2.24, 2.45) is 0 Å². The number of hydrogen-bond acceptors (Lipinski definition) is 6. The van der Waals surface area contributed by atoms with Crippen molar-refractivity contribution < 1.29 is 9.78 Å². The maximum absolute atomic E-state index is 13.1. The fourth-order valence-electron chi connectivity index (χ4n) is 4.02. The quantitative estimate of drug-likeness (QED) is 0.410. The number of aromatic nitrogens is 4. The number of fused-ring (bicyclic) bond motifs is 1. The second-order valence-corrected chi connectivity index (χ2v) is 7.79. The van der Waals surface area contributed by atoms with Crippen LogP contribution in [-0.2, 0) is 29.5 Å². The zero-order valence-corrected chi connectivity index (χ0v) is 17.6. The van der Waals surface area contributed by atoms with Gasteiger partial charge in [0.25, 0.3) is 5.56 Å². The molecular formula is C22H29N5O3. The molecule has 0 atom stereocenters. The van der Waals surface area contributed by atoms with Crippen molar-refractivity contribution in [3.63, 3.8) is 0 Å². The molecule has 1 aromatic carbocycles. The molecule has 0 amide bonds. The van der Waals surface area contributed by atoms with E-state index in [0.717, 1.165) is 36.2 Å². The highest BCUT2D eigenvalue weighted by molar-refractivity contribution is 5.71. The van der Waals surface area contributed by atoms with Crippen LogP contribution in [0.25, 0.3) is 11.2 Å². The molecule has 0 saturated heterocycles. The van der Waals surface area contributed by atoms with E-state index in [1.807, 2.05) is 24.3 Å². The second-order valence-electron chi connectivity index (χ2n) is 7.79. The minimum absolute atomic E-state index is 0.0619. The summed E-state index contributed by atoms with van der Waals surface area (Å²) in [4.78, 5) is 35.3. The molecule has 0 bridgehead atoms. The predicted molar refractivity (Wildman–Crippen MR) is 115 cm³/mol. The van der Waals surface area contributed by atoms with Crippen molar-refractivity contribution >= 4 is 17.1 Å². The van der Waals surface area contributed by atoms with E-state index < -0.39 is 0 Å². The molecular weight excluding hydrogens is 382 g/mol. The Morgan fingerprint density at radius 3 is 2.60 bits per heavy atom. The average Bonchev–Trinajstić information content (AvgIpc) is 3.44. The van der Waals surface area contributed by atoms with Gasteiger partial charge in [0.05, 0.1) is 7.11 Å². The van der Waals surface area contributed by atoms with Crippen molar-refractivity contribution in [2.45, 2.75) is 64.6 Å². The van der Waals surface area contributed by atoms with Crippen LogP contribution in [0.2, 0.25) is 0 Å². The summed E-state index contributed by atoms with van der Waals surface area (Å²) in [6.45, 7) is 3.63. The average molecular weight is 412 g/mol. The van der Waals surface area contributed by atoms with Crippen molar-refractivity contribution in [1.29, 1.82) is 0 Å². The highest BCUT2D eigenvalue weighted by atomic mass is 17.2. The number of H-pyrrole nitrogens is 1. The fraction of sp³-hybridized carbons (Fsp3) is 0.500. The predicted octanol–water partition coefficient (Wildman–Crippen LogP) is 3.88. The Morgan fingerprint density at radius 2 is 1.90 bits per heavy atom. The molecule has 2 aromatic heterocycles. The fourth-order valence-corrected chi connectivity index (χ4v) is 4.02. The molecule has 1 aliphatic carbocycles. The lowest BCUT2D eigenvalue weighted by atomic mass is 10.1. The smallest absolute Gasteiger partial charge is 0.280 e. The minimum atomic E-state index is -0.0619. The highest BCUT2D eigenvalue weighted by Crippen LogP contribution is 2.32. The largest absolute Gasteiger partial charge is 0.351 e. The lowest BCUT2D eigenvalue weighted by molar-refractivity contribution is -0.282. The van der Waals surface area contributed by atoms with Gasteiger partial charge in [0, 0.05) is 19.0 Å². The maximum Gasteiger partial charge on any atom is 0.280 e. The van der Waals surface area contributed by atoms with Crippen LogP contribution in [0.15, 0.2) is 29.1 Å². The number of anilines is 1. The molecule has 0 radical (unpaired) electrons. The molecule has 4 rings (SSSR count). The third kappa shape index (κ3) is 4.39. The minimum Gasteiger partial charge on any atom is -0.351 e. The first kappa shape index (κ1) is 20.6. The van der Waals surface area contributed by atoms with Crippen LogP contribution in [0.1, 0.15) is 61.9 Å². The topological polar surface area (TPSA) is 94.1 Å². The van der Waals surface area contributed by atoms with Crippen LogP contribution in [0.4, 0.5) is 5.95 Å². The monoisotopic (exact) mass is 411 g/mol. The Bertz CT molecular complexity index is 1040. The Labute approximate surface area is 175 Å². The molecule has 0 aliphatic heterocycles. The number of nitrogens with one attached hydrogen (secondary N) is 2. The van der Waals surface area contributed by atoms with Gasteiger partial charge >= 0.3 is 0 Å². The van der Waals surface area contributed by atoms with E-state index in [0.29, 0.717) is 42.7 Å². The van der Waals surface area contributed by atoms with Gasteiger partial charge in [-0.2, -0.15) is 4.98 Å². The molecule has 0 spiro atoms. The molecule has 1 saturated carbocycles. The Hall–Kier alpha value is -2.71. The molecule has 8 heteroatoms. The molecule has 30 heavy (non-hydrogen) atoms. The summed E-state index contributed by atoms with van der Waals surface area (Å²) in [7, 11) is 1.49. The number of nitrogens with zero attached hydrogens (tertiary/aromatic N) is 3. The standard InChI is InChI=1S/C22H29N5O3/c1-3-12-27-21(28)18-20(25-19(24-18)17-6-4-5-7-17)26-22(27)23-13-15-8-10-16(11-9-15)14-30-29-2/h8-11,17H,3-7,12-14H2,1-2H3,(H,23,26)(H,24,25). The molecule has 2 N–H and O–H groups in total. The van der Waals surface area contributed by atoms with Gasteiger partial charge < -0.3 is 10.3 Å². The highest BCUT2D eigenvalue weighted by Gasteiger charge is 2.22. The molecule has 2 heterocycles. The van der Waals surface area contributed by atoms with Crippen molar-refractivity contribution in [3.05, 3.63) is 51.6 Å². The lowest BCUT2D eigenvalue weighted by Crippen LogP contribution is -2.25. The lowest BCUT2D eigenvalue weighted by Gasteiger charge is -2.13. The van der Waals surface area contributed by atoms with E-state index in [1.54, 1.807) is 4.57 Å². The van der Waals surface area contributed by atoms with Gasteiger partial charge in [-0.05, 0) is 30.4 Å². The van der Waals surface area contributed by atoms with Crippen LogP contribution in [0, 0.1) is 0 Å². The first-order valence-electron chi connectivity index (χ1n) is 10.7. The van der Waals surface area contributed by atoms with Crippen LogP contribution >= 0.6 is 0 Å². The molecule has 1 aliphatic rings. The third-order valence-corrected chi connectivity index (χ3v) is 5.64. The normalized spacial score (nSPS) is 14.6.